The van der Waals surface area contributed by atoms with Gasteiger partial charge < -0.3 is 9.94 Å². The van der Waals surface area contributed by atoms with Gasteiger partial charge in [-0.05, 0) is 25.0 Å². The molecule has 0 radical (unpaired) electrons. The fourth-order valence-electron chi connectivity index (χ4n) is 2.09. The van der Waals surface area contributed by atoms with E-state index in [1.165, 1.54) is 0 Å². The lowest BCUT2D eigenvalue weighted by Crippen LogP contribution is -2.24. The van der Waals surface area contributed by atoms with E-state index in [1.807, 2.05) is 18.2 Å². The Morgan fingerprint density at radius 1 is 1.47 bits per heavy atom. The number of hydrogen-bond donors (Lipinski definition) is 1. The highest BCUT2D eigenvalue weighted by molar-refractivity contribution is 6.55. The Morgan fingerprint density at radius 3 is 2.95 bits per heavy atom. The summed E-state index contributed by atoms with van der Waals surface area (Å²) in [5.74, 6) is 0.730. The van der Waals surface area contributed by atoms with Crippen LogP contribution in [0.2, 0.25) is 0 Å². The summed E-state index contributed by atoms with van der Waals surface area (Å²) in [7, 11) is 0. The predicted octanol–water partition coefficient (Wildman–Crippen LogP) is 4.12. The normalized spacial score (nSPS) is 19.9. The zero-order chi connectivity index (χ0) is 13.8. The van der Waals surface area contributed by atoms with Gasteiger partial charge in [-0.1, -0.05) is 40.5 Å². The molecule has 1 aliphatic carbocycles. The van der Waals surface area contributed by atoms with Gasteiger partial charge in [-0.3, -0.25) is 0 Å². The topological polar surface area (TPSA) is 41.8 Å². The number of nitrogens with zero attached hydrogens (tertiary/aromatic N) is 1. The molecule has 0 saturated carbocycles. The lowest BCUT2D eigenvalue weighted by Gasteiger charge is -2.23. The number of hydrogen-bond acceptors (Lipinski definition) is 3. The predicted molar refractivity (Wildman–Crippen MR) is 78.0 cm³/mol. The second-order valence-corrected chi connectivity index (χ2v) is 5.61. The van der Waals surface area contributed by atoms with Crippen molar-refractivity contribution in [2.45, 2.75) is 18.2 Å². The van der Waals surface area contributed by atoms with Gasteiger partial charge in [0.15, 0.2) is 0 Å². The number of fused-ring (bicyclic) bond motifs is 1. The molecule has 6 heteroatoms. The van der Waals surface area contributed by atoms with Crippen molar-refractivity contribution in [2.24, 2.45) is 5.16 Å². The molecule has 1 aliphatic rings. The van der Waals surface area contributed by atoms with Crippen LogP contribution in [-0.4, -0.2) is 22.9 Å². The van der Waals surface area contributed by atoms with Gasteiger partial charge in [-0.2, -0.15) is 0 Å². The Hall–Kier alpha value is -0.900. The molecule has 0 fully saturated rings. The zero-order valence-electron chi connectivity index (χ0n) is 9.94. The molecule has 0 amide bonds. The fraction of sp³-hybridized carbons (Fsp3) is 0.308. The molecule has 0 spiro atoms. The van der Waals surface area contributed by atoms with E-state index in [2.05, 4.69) is 5.16 Å². The van der Waals surface area contributed by atoms with Crippen LogP contribution in [0.5, 0.6) is 5.75 Å². The van der Waals surface area contributed by atoms with Gasteiger partial charge in [0, 0.05) is 11.1 Å². The van der Waals surface area contributed by atoms with Crippen LogP contribution < -0.4 is 4.74 Å². The van der Waals surface area contributed by atoms with E-state index in [4.69, 9.17) is 44.7 Å². The van der Waals surface area contributed by atoms with Gasteiger partial charge in [0.05, 0.1) is 5.38 Å². The van der Waals surface area contributed by atoms with Crippen molar-refractivity contribution in [2.75, 3.05) is 6.61 Å². The average molecular weight is 321 g/mol. The molecule has 102 valence electrons. The number of alkyl halides is 1. The summed E-state index contributed by atoms with van der Waals surface area (Å²) in [6.45, 7) is 0.286. The molecule has 19 heavy (non-hydrogen) atoms. The molecule has 2 rings (SSSR count). The first-order valence-corrected chi connectivity index (χ1v) is 6.95. The molecule has 1 aromatic carbocycles. The van der Waals surface area contributed by atoms with E-state index in [-0.39, 0.29) is 16.5 Å². The minimum atomic E-state index is -0.273. The minimum absolute atomic E-state index is 0.170. The number of oxime groups is 1. The molecular weight excluding hydrogens is 309 g/mol. The van der Waals surface area contributed by atoms with Crippen molar-refractivity contribution < 1.29 is 9.94 Å². The second kappa shape index (κ2) is 6.51. The third-order valence-electron chi connectivity index (χ3n) is 2.94. The maximum atomic E-state index is 9.07. The van der Waals surface area contributed by atoms with E-state index < -0.39 is 0 Å². The molecule has 1 unspecified atom stereocenters. The highest BCUT2D eigenvalue weighted by atomic mass is 35.5. The molecule has 1 aromatic rings. The molecule has 0 aliphatic heterocycles. The van der Waals surface area contributed by atoms with Crippen LogP contribution in [-0.2, 0) is 6.42 Å². The Bertz CT molecular complexity index is 525. The molecule has 0 aromatic heterocycles. The van der Waals surface area contributed by atoms with Crippen LogP contribution >= 0.6 is 34.8 Å². The van der Waals surface area contributed by atoms with Gasteiger partial charge in [0.25, 0.3) is 0 Å². The molecule has 0 heterocycles. The standard InChI is InChI=1S/C13H12Cl3NO2/c14-10-5-4-8-9(13(10)17-18)2-1-3-11(8)19-7-6-12(15)16/h1-3,6,10,18H,4-5,7H2. The molecule has 1 atom stereocenters. The van der Waals surface area contributed by atoms with Crippen molar-refractivity contribution in [3.63, 3.8) is 0 Å². The lowest BCUT2D eigenvalue weighted by atomic mass is 9.89. The maximum absolute atomic E-state index is 9.07. The van der Waals surface area contributed by atoms with Gasteiger partial charge in [-0.25, -0.2) is 0 Å². The molecule has 3 nitrogen and oxygen atoms in total. The number of ether oxygens (including phenoxy) is 1. The molecular formula is C13H12Cl3NO2. The summed E-state index contributed by atoms with van der Waals surface area (Å²) in [6, 6.07) is 5.56. The largest absolute Gasteiger partial charge is 0.489 e. The summed E-state index contributed by atoms with van der Waals surface area (Å²) >= 11 is 17.2. The summed E-state index contributed by atoms with van der Waals surface area (Å²) in [6.07, 6.45) is 3.05. The van der Waals surface area contributed by atoms with Crippen LogP contribution in [0.15, 0.2) is 33.9 Å². The van der Waals surface area contributed by atoms with E-state index in [0.717, 1.165) is 23.3 Å². The van der Waals surface area contributed by atoms with Crippen LogP contribution in [0.1, 0.15) is 17.5 Å². The average Bonchev–Trinajstić information content (AvgIpc) is 2.38. The van der Waals surface area contributed by atoms with Gasteiger partial charge >= 0.3 is 0 Å². The first-order chi connectivity index (χ1) is 9.13. The highest BCUT2D eigenvalue weighted by Gasteiger charge is 2.26. The third kappa shape index (κ3) is 3.35. The maximum Gasteiger partial charge on any atom is 0.123 e. The van der Waals surface area contributed by atoms with E-state index in [1.54, 1.807) is 6.08 Å². The van der Waals surface area contributed by atoms with Crippen molar-refractivity contribution in [3.8, 4) is 5.75 Å². The fourth-order valence-corrected chi connectivity index (χ4v) is 2.48. The van der Waals surface area contributed by atoms with E-state index in [0.29, 0.717) is 12.1 Å². The number of rotatable bonds is 3. The van der Waals surface area contributed by atoms with Crippen LogP contribution in [0.3, 0.4) is 0 Å². The lowest BCUT2D eigenvalue weighted by molar-refractivity contribution is 0.317. The van der Waals surface area contributed by atoms with Crippen LogP contribution in [0.25, 0.3) is 0 Å². The quantitative estimate of drug-likeness (QED) is 0.517. The molecule has 1 N–H and O–H groups in total. The Labute approximate surface area is 126 Å². The first kappa shape index (κ1) is 14.5. The van der Waals surface area contributed by atoms with Gasteiger partial charge in [-0.15, -0.1) is 11.6 Å². The summed E-state index contributed by atoms with van der Waals surface area (Å²) in [5.41, 5.74) is 2.30. The minimum Gasteiger partial charge on any atom is -0.489 e. The molecule has 0 saturated heterocycles. The first-order valence-electron chi connectivity index (χ1n) is 5.75. The summed E-state index contributed by atoms with van der Waals surface area (Å²) in [4.78, 5) is 0. The Kier molecular flexibility index (Phi) is 4.97. The summed E-state index contributed by atoms with van der Waals surface area (Å²) < 4.78 is 5.79. The Balaban J connectivity index is 2.28. The van der Waals surface area contributed by atoms with Gasteiger partial charge in [0.1, 0.15) is 22.6 Å². The summed E-state index contributed by atoms with van der Waals surface area (Å²) in [5, 5.41) is 12.1. The van der Waals surface area contributed by atoms with Crippen LogP contribution in [0.4, 0.5) is 0 Å². The van der Waals surface area contributed by atoms with Crippen molar-refractivity contribution >= 4 is 40.5 Å². The van der Waals surface area contributed by atoms with Crippen LogP contribution in [0, 0.1) is 0 Å². The van der Waals surface area contributed by atoms with Crippen molar-refractivity contribution in [1.82, 2.24) is 0 Å². The highest BCUT2D eigenvalue weighted by Crippen LogP contribution is 2.32. The smallest absolute Gasteiger partial charge is 0.123 e. The number of halogens is 3. The SMILES string of the molecule is ON=C1c2cccc(OCC=C(Cl)Cl)c2CCC1Cl. The van der Waals surface area contributed by atoms with Crippen molar-refractivity contribution in [3.05, 3.63) is 39.9 Å². The Morgan fingerprint density at radius 2 is 2.26 bits per heavy atom. The molecule has 0 bridgehead atoms. The van der Waals surface area contributed by atoms with Gasteiger partial charge in [0.2, 0.25) is 0 Å². The third-order valence-corrected chi connectivity index (χ3v) is 3.67. The second-order valence-electron chi connectivity index (χ2n) is 4.08. The van der Waals surface area contributed by atoms with Crippen molar-refractivity contribution in [1.29, 1.82) is 0 Å². The number of benzene rings is 1. The zero-order valence-corrected chi connectivity index (χ0v) is 12.2. The van der Waals surface area contributed by atoms with E-state index >= 15 is 0 Å². The van der Waals surface area contributed by atoms with E-state index in [9.17, 15) is 0 Å². The monoisotopic (exact) mass is 319 g/mol.